The van der Waals surface area contributed by atoms with E-state index < -0.39 is 0 Å². The number of benzene rings is 3. The highest BCUT2D eigenvalue weighted by Crippen LogP contribution is 2.37. The van der Waals surface area contributed by atoms with Crippen LogP contribution in [0.5, 0.6) is 0 Å². The monoisotopic (exact) mass is 480 g/mol. The average molecular weight is 481 g/mol. The van der Waals surface area contributed by atoms with Crippen molar-refractivity contribution in [3.8, 4) is 11.8 Å². The van der Waals surface area contributed by atoms with Crippen molar-refractivity contribution in [2.24, 2.45) is 5.92 Å². The highest BCUT2D eigenvalue weighted by atomic mass is 19.1. The standard InChI is InChI=1S/C35H41F/c1-3-5-7-8-9-11-27-12-18-30(19-13-27)31-20-14-28(15-21-31)16-22-32-23-24-33-26-29(10-6-4-2)17-25-34(33)35(32)36/h4,14-15,17,20-21,23-27,30H,2-3,5-13,18-19H2,1H3. The molecule has 188 valence electrons. The lowest BCUT2D eigenvalue weighted by Gasteiger charge is -2.29. The summed E-state index contributed by atoms with van der Waals surface area (Å²) in [4.78, 5) is 0. The predicted octanol–water partition coefficient (Wildman–Crippen LogP) is 10.1. The number of hydrogen-bond donors (Lipinski definition) is 0. The van der Waals surface area contributed by atoms with Crippen LogP contribution < -0.4 is 0 Å². The van der Waals surface area contributed by atoms with Gasteiger partial charge in [0.1, 0.15) is 5.82 Å². The average Bonchev–Trinajstić information content (AvgIpc) is 2.92. The van der Waals surface area contributed by atoms with Gasteiger partial charge in [0, 0.05) is 10.9 Å². The second-order valence-corrected chi connectivity index (χ2v) is 10.6. The molecule has 0 aliphatic heterocycles. The molecule has 1 fully saturated rings. The van der Waals surface area contributed by atoms with Crippen molar-refractivity contribution >= 4 is 10.8 Å². The Hall–Kier alpha value is -2.85. The second-order valence-electron chi connectivity index (χ2n) is 10.6. The van der Waals surface area contributed by atoms with Crippen molar-refractivity contribution in [3.05, 3.63) is 95.3 Å². The molecule has 0 bridgehead atoms. The zero-order valence-electron chi connectivity index (χ0n) is 22.0. The van der Waals surface area contributed by atoms with Crippen molar-refractivity contribution in [1.82, 2.24) is 0 Å². The van der Waals surface area contributed by atoms with Gasteiger partial charge in [-0.1, -0.05) is 99.8 Å². The lowest BCUT2D eigenvalue weighted by atomic mass is 9.77. The van der Waals surface area contributed by atoms with Gasteiger partial charge in [0.05, 0.1) is 5.56 Å². The molecule has 1 heteroatoms. The molecular formula is C35H41F. The maximum absolute atomic E-state index is 15.1. The van der Waals surface area contributed by atoms with Gasteiger partial charge in [0.2, 0.25) is 0 Å². The van der Waals surface area contributed by atoms with E-state index in [9.17, 15) is 0 Å². The van der Waals surface area contributed by atoms with Crippen molar-refractivity contribution in [1.29, 1.82) is 0 Å². The van der Waals surface area contributed by atoms with Gasteiger partial charge in [-0.25, -0.2) is 4.39 Å². The Balaban J connectivity index is 1.33. The van der Waals surface area contributed by atoms with Crippen LogP contribution in [0.3, 0.4) is 0 Å². The lowest BCUT2D eigenvalue weighted by molar-refractivity contribution is 0.302. The Kier molecular flexibility index (Phi) is 9.80. The number of fused-ring (bicyclic) bond motifs is 1. The van der Waals surface area contributed by atoms with Crippen molar-refractivity contribution in [3.63, 3.8) is 0 Å². The normalized spacial score (nSPS) is 17.5. The van der Waals surface area contributed by atoms with E-state index in [0.717, 1.165) is 29.7 Å². The molecule has 0 heterocycles. The highest BCUT2D eigenvalue weighted by molar-refractivity contribution is 5.85. The SMILES string of the molecule is C=CCCc1ccc2c(F)c(C#Cc3ccc(C4CCC(CCCCCCC)CC4)cc3)ccc2c1. The molecule has 0 unspecified atom stereocenters. The first-order valence-electron chi connectivity index (χ1n) is 14.1. The molecule has 3 aromatic carbocycles. The van der Waals surface area contributed by atoms with Crippen LogP contribution in [-0.4, -0.2) is 0 Å². The third-order valence-corrected chi connectivity index (χ3v) is 7.94. The molecule has 0 aromatic heterocycles. The Labute approximate surface area is 218 Å². The van der Waals surface area contributed by atoms with Gasteiger partial charge in [-0.15, -0.1) is 6.58 Å². The van der Waals surface area contributed by atoms with E-state index in [1.54, 1.807) is 6.07 Å². The quantitative estimate of drug-likeness (QED) is 0.154. The molecule has 0 nitrogen and oxygen atoms in total. The number of halogens is 1. The number of allylic oxidation sites excluding steroid dienone is 1. The van der Waals surface area contributed by atoms with Crippen molar-refractivity contribution in [2.75, 3.05) is 0 Å². The zero-order valence-corrected chi connectivity index (χ0v) is 22.0. The summed E-state index contributed by atoms with van der Waals surface area (Å²) in [7, 11) is 0. The maximum atomic E-state index is 15.1. The van der Waals surface area contributed by atoms with Gasteiger partial charge < -0.3 is 0 Å². The van der Waals surface area contributed by atoms with E-state index in [1.807, 2.05) is 24.3 Å². The Morgan fingerprint density at radius 2 is 1.67 bits per heavy atom. The predicted molar refractivity (Wildman–Crippen MR) is 153 cm³/mol. The number of rotatable bonds is 10. The molecule has 36 heavy (non-hydrogen) atoms. The first-order chi connectivity index (χ1) is 17.7. The zero-order chi connectivity index (χ0) is 25.2. The van der Waals surface area contributed by atoms with Crippen LogP contribution in [0.4, 0.5) is 4.39 Å². The molecule has 0 atom stereocenters. The molecule has 0 spiro atoms. The fraction of sp³-hybridized carbons (Fsp3) is 0.429. The van der Waals surface area contributed by atoms with Gasteiger partial charge in [0.15, 0.2) is 0 Å². The largest absolute Gasteiger partial charge is 0.205 e. The Morgan fingerprint density at radius 3 is 2.42 bits per heavy atom. The fourth-order valence-corrected chi connectivity index (χ4v) is 5.66. The molecule has 1 aliphatic rings. The minimum Gasteiger partial charge on any atom is -0.205 e. The van der Waals surface area contributed by atoms with Crippen LogP contribution in [0.1, 0.15) is 106 Å². The first-order valence-corrected chi connectivity index (χ1v) is 14.1. The number of unbranched alkanes of at least 4 members (excludes halogenated alkanes) is 4. The summed E-state index contributed by atoms with van der Waals surface area (Å²) >= 11 is 0. The van der Waals surface area contributed by atoms with E-state index in [0.29, 0.717) is 16.9 Å². The van der Waals surface area contributed by atoms with Gasteiger partial charge >= 0.3 is 0 Å². The van der Waals surface area contributed by atoms with Crippen LogP contribution in [0, 0.1) is 23.6 Å². The minimum atomic E-state index is -0.228. The van der Waals surface area contributed by atoms with Gasteiger partial charge in [-0.05, 0) is 85.1 Å². The molecule has 0 N–H and O–H groups in total. The first kappa shape index (κ1) is 26.2. The summed E-state index contributed by atoms with van der Waals surface area (Å²) in [5.41, 5.74) is 4.04. The molecule has 0 amide bonds. The molecule has 1 aliphatic carbocycles. The van der Waals surface area contributed by atoms with Crippen molar-refractivity contribution in [2.45, 2.75) is 89.9 Å². The molecule has 4 rings (SSSR count). The molecule has 1 saturated carbocycles. The Morgan fingerprint density at radius 1 is 0.889 bits per heavy atom. The van der Waals surface area contributed by atoms with E-state index in [1.165, 1.54) is 75.3 Å². The highest BCUT2D eigenvalue weighted by Gasteiger charge is 2.22. The smallest absolute Gasteiger partial charge is 0.146 e. The lowest BCUT2D eigenvalue weighted by Crippen LogP contribution is -2.13. The molecule has 0 radical (unpaired) electrons. The molecular weight excluding hydrogens is 439 g/mol. The molecule has 3 aromatic rings. The van der Waals surface area contributed by atoms with Crippen LogP contribution in [0.2, 0.25) is 0 Å². The fourth-order valence-electron chi connectivity index (χ4n) is 5.66. The van der Waals surface area contributed by atoms with E-state index in [2.05, 4.69) is 55.7 Å². The summed E-state index contributed by atoms with van der Waals surface area (Å²) in [6.45, 7) is 6.06. The van der Waals surface area contributed by atoms with Crippen LogP contribution in [0.25, 0.3) is 10.8 Å². The summed E-state index contributed by atoms with van der Waals surface area (Å²) in [5, 5.41) is 1.56. The van der Waals surface area contributed by atoms with Gasteiger partial charge in [-0.2, -0.15) is 0 Å². The van der Waals surface area contributed by atoms with Gasteiger partial charge in [0.25, 0.3) is 0 Å². The van der Waals surface area contributed by atoms with Gasteiger partial charge in [-0.3, -0.25) is 0 Å². The third kappa shape index (κ3) is 7.10. The number of hydrogen-bond acceptors (Lipinski definition) is 0. The van der Waals surface area contributed by atoms with E-state index in [4.69, 9.17) is 0 Å². The minimum absolute atomic E-state index is 0.228. The second kappa shape index (κ2) is 13.5. The van der Waals surface area contributed by atoms with Crippen LogP contribution in [-0.2, 0) is 6.42 Å². The van der Waals surface area contributed by atoms with Crippen molar-refractivity contribution < 1.29 is 4.39 Å². The van der Waals surface area contributed by atoms with Crippen LogP contribution in [0.15, 0.2) is 67.3 Å². The van der Waals surface area contributed by atoms with E-state index in [-0.39, 0.29) is 5.82 Å². The van der Waals surface area contributed by atoms with E-state index >= 15 is 4.39 Å². The summed E-state index contributed by atoms with van der Waals surface area (Å²) in [5.74, 6) is 7.63. The molecule has 0 saturated heterocycles. The summed E-state index contributed by atoms with van der Waals surface area (Å²) in [6, 6.07) is 18.4. The number of aryl methyl sites for hydroxylation is 1. The third-order valence-electron chi connectivity index (χ3n) is 7.94. The Bertz CT molecular complexity index is 1180. The summed E-state index contributed by atoms with van der Waals surface area (Å²) in [6.07, 6.45) is 17.5. The van der Waals surface area contributed by atoms with Crippen LogP contribution >= 0.6 is 0 Å². The maximum Gasteiger partial charge on any atom is 0.146 e. The topological polar surface area (TPSA) is 0 Å². The summed E-state index contributed by atoms with van der Waals surface area (Å²) < 4.78 is 15.1.